The van der Waals surface area contributed by atoms with Crippen molar-refractivity contribution >= 4 is 34.9 Å². The van der Waals surface area contributed by atoms with E-state index in [-0.39, 0.29) is 17.7 Å². The van der Waals surface area contributed by atoms with E-state index in [1.807, 2.05) is 55.5 Å². The zero-order valence-corrected chi connectivity index (χ0v) is 19.0. The van der Waals surface area contributed by atoms with Crippen LogP contribution in [0.4, 0.5) is 11.5 Å². The minimum atomic E-state index is -0.360. The molecule has 0 fully saturated rings. The van der Waals surface area contributed by atoms with Crippen molar-refractivity contribution in [1.29, 1.82) is 0 Å². The summed E-state index contributed by atoms with van der Waals surface area (Å²) in [5.74, 6) is 0.113. The van der Waals surface area contributed by atoms with Gasteiger partial charge in [-0.15, -0.1) is 0 Å². The smallest absolute Gasteiger partial charge is 0.259 e. The highest BCUT2D eigenvalue weighted by Gasteiger charge is 2.36. The topological polar surface area (TPSA) is 53.5 Å². The SMILES string of the molecule is CCc1ccc(C(=O)N2CC[C@H](C(=O)N(CC)c3ccc(Cl)cc3)c3cccnc32)cc1. The lowest BCUT2D eigenvalue weighted by Gasteiger charge is -2.35. The van der Waals surface area contributed by atoms with Gasteiger partial charge in [-0.3, -0.25) is 14.5 Å². The number of benzene rings is 2. The van der Waals surface area contributed by atoms with Crippen molar-refractivity contribution in [3.8, 4) is 0 Å². The highest BCUT2D eigenvalue weighted by Crippen LogP contribution is 2.36. The molecule has 2 amide bonds. The van der Waals surface area contributed by atoms with E-state index in [2.05, 4.69) is 11.9 Å². The standard InChI is InChI=1S/C26H26ClN3O2/c1-3-18-7-9-19(10-8-18)25(31)30-17-15-23(22-6-5-16-28-24(22)30)26(32)29(4-2)21-13-11-20(27)12-14-21/h5-14,16,23H,3-4,15,17H2,1-2H3/t23-/m0/s1. The molecule has 0 radical (unpaired) electrons. The Labute approximate surface area is 193 Å². The van der Waals surface area contributed by atoms with Gasteiger partial charge in [-0.25, -0.2) is 4.98 Å². The van der Waals surface area contributed by atoms with Gasteiger partial charge in [0, 0.05) is 41.1 Å². The van der Waals surface area contributed by atoms with Crippen LogP contribution in [0.1, 0.15) is 47.7 Å². The summed E-state index contributed by atoms with van der Waals surface area (Å²) >= 11 is 6.02. The van der Waals surface area contributed by atoms with Gasteiger partial charge in [-0.1, -0.05) is 36.7 Å². The van der Waals surface area contributed by atoms with Gasteiger partial charge in [0.25, 0.3) is 5.91 Å². The molecule has 0 saturated heterocycles. The Morgan fingerprint density at radius 1 is 1.06 bits per heavy atom. The second-order valence-corrected chi connectivity index (χ2v) is 8.26. The minimum absolute atomic E-state index is 0.00321. The summed E-state index contributed by atoms with van der Waals surface area (Å²) in [5, 5.41) is 0.630. The van der Waals surface area contributed by atoms with Gasteiger partial charge in [0.2, 0.25) is 5.91 Å². The maximum atomic E-state index is 13.6. The van der Waals surface area contributed by atoms with Crippen LogP contribution in [0.3, 0.4) is 0 Å². The number of nitrogens with zero attached hydrogens (tertiary/aromatic N) is 3. The first kappa shape index (κ1) is 22.0. The van der Waals surface area contributed by atoms with Gasteiger partial charge in [0.1, 0.15) is 5.82 Å². The second kappa shape index (κ2) is 9.53. The van der Waals surface area contributed by atoms with Crippen molar-refractivity contribution in [3.63, 3.8) is 0 Å². The van der Waals surface area contributed by atoms with Crippen molar-refractivity contribution in [1.82, 2.24) is 4.98 Å². The third-order valence-corrected chi connectivity index (χ3v) is 6.21. The molecule has 32 heavy (non-hydrogen) atoms. The molecule has 0 bridgehead atoms. The lowest BCUT2D eigenvalue weighted by molar-refractivity contribution is -0.120. The molecule has 2 heterocycles. The molecule has 5 nitrogen and oxygen atoms in total. The van der Waals surface area contributed by atoms with Crippen LogP contribution in [0.15, 0.2) is 66.9 Å². The van der Waals surface area contributed by atoms with Crippen molar-refractivity contribution in [3.05, 3.63) is 88.6 Å². The largest absolute Gasteiger partial charge is 0.312 e. The number of rotatable bonds is 5. The van der Waals surface area contributed by atoms with E-state index in [9.17, 15) is 9.59 Å². The summed E-state index contributed by atoms with van der Waals surface area (Å²) in [7, 11) is 0. The monoisotopic (exact) mass is 447 g/mol. The highest BCUT2D eigenvalue weighted by molar-refractivity contribution is 6.30. The Kier molecular flexibility index (Phi) is 6.56. The Morgan fingerprint density at radius 2 is 1.78 bits per heavy atom. The molecule has 1 atom stereocenters. The predicted octanol–water partition coefficient (Wildman–Crippen LogP) is 5.48. The third-order valence-electron chi connectivity index (χ3n) is 5.96. The lowest BCUT2D eigenvalue weighted by Crippen LogP contribution is -2.42. The molecule has 6 heteroatoms. The quantitative estimate of drug-likeness (QED) is 0.520. The number of amides is 2. The van der Waals surface area contributed by atoms with Gasteiger partial charge in [-0.2, -0.15) is 0 Å². The number of carbonyl (C=O) groups excluding carboxylic acids is 2. The Morgan fingerprint density at radius 3 is 2.44 bits per heavy atom. The molecule has 3 aromatic rings. The van der Waals surface area contributed by atoms with E-state index < -0.39 is 0 Å². The molecule has 0 aliphatic carbocycles. The highest BCUT2D eigenvalue weighted by atomic mass is 35.5. The van der Waals surface area contributed by atoms with Crippen LogP contribution in [-0.2, 0) is 11.2 Å². The van der Waals surface area contributed by atoms with Crippen LogP contribution in [0, 0.1) is 0 Å². The molecule has 1 aliphatic heterocycles. The molecule has 4 rings (SSSR count). The van der Waals surface area contributed by atoms with Gasteiger partial charge in [0.15, 0.2) is 0 Å². The van der Waals surface area contributed by atoms with Crippen molar-refractivity contribution in [2.45, 2.75) is 32.6 Å². The summed E-state index contributed by atoms with van der Waals surface area (Å²) in [6.45, 7) is 5.02. The first-order valence-corrected chi connectivity index (χ1v) is 11.3. The van der Waals surface area contributed by atoms with E-state index in [4.69, 9.17) is 11.6 Å². The molecule has 0 saturated carbocycles. The zero-order chi connectivity index (χ0) is 22.7. The number of halogens is 1. The summed E-state index contributed by atoms with van der Waals surface area (Å²) in [4.78, 5) is 34.8. The number of anilines is 2. The zero-order valence-electron chi connectivity index (χ0n) is 18.3. The second-order valence-electron chi connectivity index (χ2n) is 7.82. The average Bonchev–Trinajstić information content (AvgIpc) is 2.84. The third kappa shape index (κ3) is 4.26. The van der Waals surface area contributed by atoms with Crippen LogP contribution in [0.5, 0.6) is 0 Å². The number of hydrogen-bond acceptors (Lipinski definition) is 3. The molecule has 2 aromatic carbocycles. The fourth-order valence-corrected chi connectivity index (χ4v) is 4.32. The number of pyridine rings is 1. The van der Waals surface area contributed by atoms with Crippen LogP contribution in [0.2, 0.25) is 5.02 Å². The van der Waals surface area contributed by atoms with Crippen LogP contribution >= 0.6 is 11.6 Å². The van der Waals surface area contributed by atoms with Crippen LogP contribution in [0.25, 0.3) is 0 Å². The molecule has 0 unspecified atom stereocenters. The maximum absolute atomic E-state index is 13.6. The average molecular weight is 448 g/mol. The van der Waals surface area contributed by atoms with E-state index >= 15 is 0 Å². The minimum Gasteiger partial charge on any atom is -0.312 e. The molecule has 0 spiro atoms. The molecular formula is C26H26ClN3O2. The van der Waals surface area contributed by atoms with Crippen molar-refractivity contribution < 1.29 is 9.59 Å². The van der Waals surface area contributed by atoms with Gasteiger partial charge in [0.05, 0.1) is 5.92 Å². The first-order chi connectivity index (χ1) is 15.5. The Balaban J connectivity index is 1.63. The van der Waals surface area contributed by atoms with E-state index in [0.29, 0.717) is 35.9 Å². The van der Waals surface area contributed by atoms with Gasteiger partial charge >= 0.3 is 0 Å². The number of hydrogen-bond donors (Lipinski definition) is 0. The van der Waals surface area contributed by atoms with Gasteiger partial charge < -0.3 is 4.90 Å². The predicted molar refractivity (Wildman–Crippen MR) is 129 cm³/mol. The Hall–Kier alpha value is -3.18. The summed E-state index contributed by atoms with van der Waals surface area (Å²) < 4.78 is 0. The van der Waals surface area contributed by atoms with Crippen molar-refractivity contribution in [2.75, 3.05) is 22.9 Å². The molecule has 0 N–H and O–H groups in total. The van der Waals surface area contributed by atoms with E-state index in [1.165, 1.54) is 5.56 Å². The maximum Gasteiger partial charge on any atom is 0.259 e. The Bertz CT molecular complexity index is 1110. The molecule has 1 aromatic heterocycles. The summed E-state index contributed by atoms with van der Waals surface area (Å²) in [6.07, 6.45) is 3.14. The fourth-order valence-electron chi connectivity index (χ4n) is 4.19. The molecular weight excluding hydrogens is 422 g/mol. The number of fused-ring (bicyclic) bond motifs is 1. The lowest BCUT2D eigenvalue weighted by atomic mass is 9.90. The van der Waals surface area contributed by atoms with Crippen LogP contribution in [-0.4, -0.2) is 29.9 Å². The fraction of sp³-hybridized carbons (Fsp3) is 0.269. The van der Waals surface area contributed by atoms with E-state index in [0.717, 1.165) is 17.7 Å². The van der Waals surface area contributed by atoms with E-state index in [1.54, 1.807) is 28.1 Å². The summed E-state index contributed by atoms with van der Waals surface area (Å²) in [6, 6.07) is 18.7. The number of likely N-dealkylation sites (N-methyl/N-ethyl adjacent to an activating group) is 1. The van der Waals surface area contributed by atoms with Crippen LogP contribution < -0.4 is 9.80 Å². The molecule has 164 valence electrons. The normalized spacial score (nSPS) is 15.2. The number of aromatic nitrogens is 1. The number of carbonyl (C=O) groups is 2. The van der Waals surface area contributed by atoms with Gasteiger partial charge in [-0.05, 0) is 67.8 Å². The molecule has 1 aliphatic rings. The summed E-state index contributed by atoms with van der Waals surface area (Å²) in [5.41, 5.74) is 3.41. The number of aryl methyl sites for hydroxylation is 1. The first-order valence-electron chi connectivity index (χ1n) is 11.0. The van der Waals surface area contributed by atoms with Crippen molar-refractivity contribution in [2.24, 2.45) is 0 Å².